The summed E-state index contributed by atoms with van der Waals surface area (Å²) in [6.07, 6.45) is -4.22. The smallest absolute Gasteiger partial charge is 0.403 e. The number of benzene rings is 1. The fourth-order valence-corrected chi connectivity index (χ4v) is 3.33. The Kier molecular flexibility index (Phi) is 11.0. The quantitative estimate of drug-likeness (QED) is 0.314. The van der Waals surface area contributed by atoms with E-state index in [4.69, 9.17) is 14.2 Å². The summed E-state index contributed by atoms with van der Waals surface area (Å²) < 4.78 is 55.1. The Morgan fingerprint density at radius 3 is 2.06 bits per heavy atom. The summed E-state index contributed by atoms with van der Waals surface area (Å²) in [5, 5.41) is 3.22. The van der Waals surface area contributed by atoms with E-state index in [1.54, 1.807) is 27.4 Å². The van der Waals surface area contributed by atoms with E-state index in [1.165, 1.54) is 11.8 Å². The van der Waals surface area contributed by atoms with Crippen LogP contribution in [0.2, 0.25) is 0 Å². The van der Waals surface area contributed by atoms with Gasteiger partial charge in [0.25, 0.3) is 0 Å². The van der Waals surface area contributed by atoms with Gasteiger partial charge in [-0.1, -0.05) is 0 Å². The first-order chi connectivity index (χ1) is 14.2. The Balaban J connectivity index is 0.00000480. The lowest BCUT2D eigenvalue weighted by atomic mass is 10.1. The number of methoxy groups -OCH3 is 3. The van der Waals surface area contributed by atoms with Crippen LogP contribution in [0, 0.1) is 0 Å². The van der Waals surface area contributed by atoms with Crippen molar-refractivity contribution in [3.8, 4) is 17.2 Å². The van der Waals surface area contributed by atoms with E-state index in [0.717, 1.165) is 5.56 Å². The van der Waals surface area contributed by atoms with Gasteiger partial charge in [-0.2, -0.15) is 13.2 Å². The minimum absolute atomic E-state index is 0. The molecule has 0 radical (unpaired) electrons. The number of piperazine rings is 1. The number of hydrogen-bond donors (Lipinski definition) is 1. The number of ether oxygens (including phenoxy) is 3. The van der Waals surface area contributed by atoms with E-state index in [1.807, 2.05) is 17.9 Å². The highest BCUT2D eigenvalue weighted by molar-refractivity contribution is 14.0. The van der Waals surface area contributed by atoms with Crippen LogP contribution in [-0.4, -0.2) is 82.0 Å². The molecule has 1 aromatic rings. The van der Waals surface area contributed by atoms with Crippen LogP contribution in [0.5, 0.6) is 17.2 Å². The minimum Gasteiger partial charge on any atom is -0.496 e. The van der Waals surface area contributed by atoms with Gasteiger partial charge in [-0.3, -0.25) is 4.90 Å². The van der Waals surface area contributed by atoms with Crippen molar-refractivity contribution >= 4 is 29.9 Å². The third kappa shape index (κ3) is 7.19. The average Bonchev–Trinajstić information content (AvgIpc) is 2.74. The Labute approximate surface area is 198 Å². The maximum absolute atomic E-state index is 13.0. The van der Waals surface area contributed by atoms with Crippen molar-refractivity contribution in [2.24, 2.45) is 4.99 Å². The van der Waals surface area contributed by atoms with Crippen LogP contribution in [0.3, 0.4) is 0 Å². The number of nitrogens with zero attached hydrogens (tertiary/aromatic N) is 3. The van der Waals surface area contributed by atoms with E-state index < -0.39 is 12.2 Å². The van der Waals surface area contributed by atoms with E-state index in [2.05, 4.69) is 10.3 Å². The first-order valence-corrected chi connectivity index (χ1v) is 9.88. The standard InChI is InChI=1S/C20H31F3N4O3.HI/c1-6-24-19(27-9-7-26(8-10-27)14(2)20(21,22)23)25-13-15-11-17(29-4)18(30-5)12-16(15)28-3;/h11-12,14H,6-10,13H2,1-5H3,(H,24,25);1H. The third-order valence-electron chi connectivity index (χ3n) is 5.16. The molecule has 1 aliphatic heterocycles. The molecular formula is C20H32F3IN4O3. The van der Waals surface area contributed by atoms with Crippen LogP contribution in [0.1, 0.15) is 19.4 Å². The van der Waals surface area contributed by atoms with Crippen molar-refractivity contribution in [2.75, 3.05) is 54.1 Å². The highest BCUT2D eigenvalue weighted by Crippen LogP contribution is 2.35. The van der Waals surface area contributed by atoms with Gasteiger partial charge in [-0.05, 0) is 19.9 Å². The van der Waals surface area contributed by atoms with Crippen molar-refractivity contribution in [3.05, 3.63) is 17.7 Å². The van der Waals surface area contributed by atoms with Crippen molar-refractivity contribution in [3.63, 3.8) is 0 Å². The minimum atomic E-state index is -4.22. The highest BCUT2D eigenvalue weighted by Gasteiger charge is 2.41. The van der Waals surface area contributed by atoms with Crippen LogP contribution in [0.15, 0.2) is 17.1 Å². The summed E-state index contributed by atoms with van der Waals surface area (Å²) in [4.78, 5) is 8.12. The summed E-state index contributed by atoms with van der Waals surface area (Å²) in [5.41, 5.74) is 0.815. The normalized spacial score (nSPS) is 16.4. The summed E-state index contributed by atoms with van der Waals surface area (Å²) in [6.45, 7) is 5.72. The zero-order valence-corrected chi connectivity index (χ0v) is 20.9. The third-order valence-corrected chi connectivity index (χ3v) is 5.16. The van der Waals surface area contributed by atoms with Gasteiger partial charge in [0, 0.05) is 44.4 Å². The molecule has 11 heteroatoms. The molecule has 1 N–H and O–H groups in total. The molecular weight excluding hydrogens is 528 g/mol. The lowest BCUT2D eigenvalue weighted by Gasteiger charge is -2.39. The molecule has 1 atom stereocenters. The van der Waals surface area contributed by atoms with Crippen molar-refractivity contribution in [1.82, 2.24) is 15.1 Å². The first kappa shape index (κ1) is 27.4. The number of hydrogen-bond acceptors (Lipinski definition) is 5. The zero-order valence-electron chi connectivity index (χ0n) is 18.6. The first-order valence-electron chi connectivity index (χ1n) is 9.88. The molecule has 0 saturated carbocycles. The maximum atomic E-state index is 13.0. The monoisotopic (exact) mass is 560 g/mol. The van der Waals surface area contributed by atoms with Crippen LogP contribution in [0.4, 0.5) is 13.2 Å². The molecule has 1 fully saturated rings. The maximum Gasteiger partial charge on any atom is 0.403 e. The van der Waals surface area contributed by atoms with Crippen LogP contribution >= 0.6 is 24.0 Å². The van der Waals surface area contributed by atoms with Gasteiger partial charge >= 0.3 is 6.18 Å². The van der Waals surface area contributed by atoms with E-state index in [9.17, 15) is 13.2 Å². The fourth-order valence-electron chi connectivity index (χ4n) is 3.33. The van der Waals surface area contributed by atoms with Crippen molar-refractivity contribution in [2.45, 2.75) is 32.6 Å². The lowest BCUT2D eigenvalue weighted by Crippen LogP contribution is -2.56. The molecule has 178 valence electrons. The van der Waals surface area contributed by atoms with Crippen LogP contribution < -0.4 is 19.5 Å². The summed E-state index contributed by atoms with van der Waals surface area (Å²) >= 11 is 0. The van der Waals surface area contributed by atoms with E-state index in [0.29, 0.717) is 62.5 Å². The molecule has 1 aromatic carbocycles. The fraction of sp³-hybridized carbons (Fsp3) is 0.650. The number of guanidine groups is 1. The molecule has 1 saturated heterocycles. The van der Waals surface area contributed by atoms with Gasteiger partial charge in [0.2, 0.25) is 0 Å². The molecule has 0 spiro atoms. The van der Waals surface area contributed by atoms with Gasteiger partial charge < -0.3 is 24.4 Å². The topological polar surface area (TPSA) is 58.6 Å². The Morgan fingerprint density at radius 2 is 1.58 bits per heavy atom. The average molecular weight is 560 g/mol. The summed E-state index contributed by atoms with van der Waals surface area (Å²) in [5.74, 6) is 2.41. The molecule has 1 unspecified atom stereocenters. The van der Waals surface area contributed by atoms with Crippen molar-refractivity contribution in [1.29, 1.82) is 0 Å². The largest absolute Gasteiger partial charge is 0.496 e. The van der Waals surface area contributed by atoms with Crippen molar-refractivity contribution < 1.29 is 27.4 Å². The molecule has 31 heavy (non-hydrogen) atoms. The highest BCUT2D eigenvalue weighted by atomic mass is 127. The number of halogens is 4. The van der Waals surface area contributed by atoms with E-state index >= 15 is 0 Å². The molecule has 1 aliphatic rings. The Bertz CT molecular complexity index is 726. The summed E-state index contributed by atoms with van der Waals surface area (Å²) in [6, 6.07) is 2.11. The van der Waals surface area contributed by atoms with Gasteiger partial charge in [-0.15, -0.1) is 24.0 Å². The molecule has 7 nitrogen and oxygen atoms in total. The van der Waals surface area contributed by atoms with Gasteiger partial charge in [0.15, 0.2) is 17.5 Å². The Morgan fingerprint density at radius 1 is 1.03 bits per heavy atom. The second-order valence-corrected chi connectivity index (χ2v) is 6.93. The van der Waals surface area contributed by atoms with Crippen LogP contribution in [0.25, 0.3) is 0 Å². The Hall–Kier alpha value is -1.63. The van der Waals surface area contributed by atoms with Gasteiger partial charge in [-0.25, -0.2) is 4.99 Å². The van der Waals surface area contributed by atoms with Crippen LogP contribution in [-0.2, 0) is 6.54 Å². The second kappa shape index (κ2) is 12.4. The number of aliphatic imine (C=N–C) groups is 1. The lowest BCUT2D eigenvalue weighted by molar-refractivity contribution is -0.181. The molecule has 0 aromatic heterocycles. The molecule has 0 amide bonds. The zero-order chi connectivity index (χ0) is 22.3. The molecule has 2 rings (SSSR count). The molecule has 0 aliphatic carbocycles. The molecule has 0 bridgehead atoms. The number of nitrogens with one attached hydrogen (secondary N) is 1. The summed E-state index contributed by atoms with van der Waals surface area (Å²) in [7, 11) is 4.68. The van der Waals surface area contributed by atoms with Gasteiger partial charge in [0.05, 0.1) is 27.9 Å². The number of rotatable bonds is 7. The van der Waals surface area contributed by atoms with Gasteiger partial charge in [0.1, 0.15) is 11.8 Å². The second-order valence-electron chi connectivity index (χ2n) is 6.93. The SMILES string of the molecule is CCNC(=NCc1cc(OC)c(OC)cc1OC)N1CCN(C(C)C(F)(F)F)CC1.I. The predicted octanol–water partition coefficient (Wildman–Crippen LogP) is 3.36. The number of alkyl halides is 3. The predicted molar refractivity (Wildman–Crippen MR) is 125 cm³/mol. The van der Waals surface area contributed by atoms with E-state index in [-0.39, 0.29) is 24.0 Å². The molecule has 1 heterocycles.